The average Bonchev–Trinajstić information content (AvgIpc) is 2.87. The number of anilines is 2. The number of hydrogen-bond acceptors (Lipinski definition) is 9. The normalized spacial score (nSPS) is 21.7. The van der Waals surface area contributed by atoms with E-state index in [0.717, 1.165) is 12.8 Å². The van der Waals surface area contributed by atoms with Crippen molar-refractivity contribution in [3.05, 3.63) is 5.28 Å². The zero-order valence-corrected chi connectivity index (χ0v) is 32.5. The van der Waals surface area contributed by atoms with Crippen molar-refractivity contribution in [2.24, 2.45) is 11.8 Å². The van der Waals surface area contributed by atoms with Gasteiger partial charge in [0.15, 0.2) is 0 Å². The summed E-state index contributed by atoms with van der Waals surface area (Å²) in [5.41, 5.74) is -1.72. The first kappa shape index (κ1) is 39.2. The highest BCUT2D eigenvalue weighted by molar-refractivity contribution is 6.28. The fourth-order valence-electron chi connectivity index (χ4n) is 7.82. The summed E-state index contributed by atoms with van der Waals surface area (Å²) < 4.78 is 0. The number of amides is 2. The van der Waals surface area contributed by atoms with Crippen molar-refractivity contribution in [2.45, 2.75) is 144 Å². The lowest BCUT2D eigenvalue weighted by atomic mass is 9.90. The lowest BCUT2D eigenvalue weighted by Crippen LogP contribution is -2.70. The molecule has 2 saturated heterocycles. The van der Waals surface area contributed by atoms with Crippen LogP contribution in [0.25, 0.3) is 0 Å². The summed E-state index contributed by atoms with van der Waals surface area (Å²) in [4.78, 5) is 49.6. The van der Waals surface area contributed by atoms with Crippen LogP contribution in [0, 0.1) is 11.8 Å². The molecule has 1 aromatic heterocycles. The minimum absolute atomic E-state index is 0.0881. The molecule has 12 heteroatoms. The SMILES string of the molecule is CC(C)CC(C)N(CCN1CC(C)(C)NC(C)(C)C1=O)c1nc(Cl)nc(N(CCN2CC(C)(C)NC(C)(C)C2=O)C(C)CC(C)C)n1. The van der Waals surface area contributed by atoms with Crippen LogP contribution in [-0.4, -0.2) is 110 Å². The summed E-state index contributed by atoms with van der Waals surface area (Å²) in [5.74, 6) is 2.11. The molecule has 11 nitrogen and oxygen atoms in total. The molecule has 0 radical (unpaired) electrons. The fraction of sp³-hybridized carbons (Fsp3) is 0.857. The number of hydrogen-bond donors (Lipinski definition) is 2. The third kappa shape index (κ3) is 10.4. The Labute approximate surface area is 290 Å². The van der Waals surface area contributed by atoms with Crippen LogP contribution in [0.15, 0.2) is 0 Å². The van der Waals surface area contributed by atoms with Crippen LogP contribution in [0.5, 0.6) is 0 Å². The number of nitrogens with zero attached hydrogens (tertiary/aromatic N) is 7. The molecule has 2 amide bonds. The van der Waals surface area contributed by atoms with Gasteiger partial charge in [0.1, 0.15) is 0 Å². The molecule has 2 fully saturated rings. The Kier molecular flexibility index (Phi) is 12.3. The van der Waals surface area contributed by atoms with Gasteiger partial charge < -0.3 is 19.6 Å². The number of piperazine rings is 2. The molecule has 3 heterocycles. The maximum Gasteiger partial charge on any atom is 0.242 e. The topological polar surface area (TPSA) is 110 Å². The van der Waals surface area contributed by atoms with Gasteiger partial charge in [-0.3, -0.25) is 20.2 Å². The molecule has 1 aromatic rings. The Morgan fingerprint density at radius 2 is 1.00 bits per heavy atom. The van der Waals surface area contributed by atoms with E-state index < -0.39 is 11.1 Å². The van der Waals surface area contributed by atoms with Crippen LogP contribution >= 0.6 is 11.6 Å². The van der Waals surface area contributed by atoms with Crippen molar-refractivity contribution in [2.75, 3.05) is 49.1 Å². The van der Waals surface area contributed by atoms with Crippen molar-refractivity contribution >= 4 is 35.3 Å². The lowest BCUT2D eigenvalue weighted by Gasteiger charge is -2.48. The third-order valence-electron chi connectivity index (χ3n) is 9.13. The number of carbonyl (C=O) groups excluding carboxylic acids is 2. The highest BCUT2D eigenvalue weighted by atomic mass is 35.5. The van der Waals surface area contributed by atoms with E-state index in [4.69, 9.17) is 16.6 Å². The minimum atomic E-state index is -0.650. The second-order valence-corrected chi connectivity index (χ2v) is 17.6. The van der Waals surface area contributed by atoms with Gasteiger partial charge in [-0.15, -0.1) is 0 Å². The quantitative estimate of drug-likeness (QED) is 0.282. The second kappa shape index (κ2) is 14.7. The summed E-state index contributed by atoms with van der Waals surface area (Å²) >= 11 is 6.69. The number of halogens is 1. The van der Waals surface area contributed by atoms with E-state index >= 15 is 0 Å². The molecule has 2 atom stereocenters. The largest absolute Gasteiger partial charge is 0.338 e. The van der Waals surface area contributed by atoms with Gasteiger partial charge in [0.25, 0.3) is 0 Å². The maximum atomic E-state index is 13.4. The van der Waals surface area contributed by atoms with E-state index in [1.54, 1.807) is 0 Å². The summed E-state index contributed by atoms with van der Waals surface area (Å²) in [6, 6.07) is 0.203. The molecule has 0 bridgehead atoms. The van der Waals surface area contributed by atoms with Gasteiger partial charge in [0, 0.05) is 62.4 Å². The van der Waals surface area contributed by atoms with Crippen LogP contribution in [0.1, 0.15) is 110 Å². The standard InChI is InChI=1S/C35H64ClN9O2/c1-23(2)19-25(5)44(17-15-42-21-32(7,8)40-34(11,12)27(42)46)30-37-29(36)38-31(39-30)45(26(6)20-24(3)4)18-16-43-22-33(9,10)41-35(13,14)28(43)47/h23-26,40-41H,15-22H2,1-14H3. The average molecular weight is 678 g/mol. The van der Waals surface area contributed by atoms with Crippen molar-refractivity contribution in [3.8, 4) is 0 Å². The summed E-state index contributed by atoms with van der Waals surface area (Å²) in [6.07, 6.45) is 1.85. The fourth-order valence-corrected chi connectivity index (χ4v) is 7.98. The minimum Gasteiger partial charge on any atom is -0.338 e. The molecule has 0 spiro atoms. The molecule has 3 rings (SSSR count). The van der Waals surface area contributed by atoms with Crippen LogP contribution in [-0.2, 0) is 9.59 Å². The Morgan fingerprint density at radius 3 is 1.32 bits per heavy atom. The number of rotatable bonds is 14. The Morgan fingerprint density at radius 1 is 0.660 bits per heavy atom. The molecule has 2 aliphatic heterocycles. The Bertz CT molecular complexity index is 1160. The lowest BCUT2D eigenvalue weighted by molar-refractivity contribution is -0.143. The van der Waals surface area contributed by atoms with E-state index in [-0.39, 0.29) is 40.3 Å². The van der Waals surface area contributed by atoms with Gasteiger partial charge in [0.2, 0.25) is 29.0 Å². The monoisotopic (exact) mass is 677 g/mol. The zero-order chi connectivity index (χ0) is 35.7. The molecule has 47 heavy (non-hydrogen) atoms. The first-order valence-corrected chi connectivity index (χ1v) is 17.9. The van der Waals surface area contributed by atoms with Crippen LogP contribution in [0.4, 0.5) is 11.9 Å². The van der Waals surface area contributed by atoms with Gasteiger partial charge >= 0.3 is 0 Å². The molecule has 0 saturated carbocycles. The maximum absolute atomic E-state index is 13.4. The first-order chi connectivity index (χ1) is 21.4. The van der Waals surface area contributed by atoms with Gasteiger partial charge in [0.05, 0.1) is 11.1 Å². The first-order valence-electron chi connectivity index (χ1n) is 17.6. The highest BCUT2D eigenvalue weighted by Gasteiger charge is 2.44. The van der Waals surface area contributed by atoms with Crippen LogP contribution < -0.4 is 20.4 Å². The molecular weight excluding hydrogens is 614 g/mol. The van der Waals surface area contributed by atoms with Gasteiger partial charge in [-0.05, 0) is 106 Å². The van der Waals surface area contributed by atoms with E-state index in [9.17, 15) is 9.59 Å². The van der Waals surface area contributed by atoms with Crippen LogP contribution in [0.3, 0.4) is 0 Å². The van der Waals surface area contributed by atoms with E-state index in [1.165, 1.54) is 0 Å². The zero-order valence-electron chi connectivity index (χ0n) is 31.8. The summed E-state index contributed by atoms with van der Waals surface area (Å²) in [6.45, 7) is 33.0. The molecule has 2 N–H and O–H groups in total. The van der Waals surface area contributed by atoms with Crippen LogP contribution in [0.2, 0.25) is 5.28 Å². The number of nitrogens with one attached hydrogen (secondary N) is 2. The summed E-state index contributed by atoms with van der Waals surface area (Å²) in [5, 5.41) is 7.11. The Hall–Kier alpha value is -2.24. The third-order valence-corrected chi connectivity index (χ3v) is 9.30. The van der Waals surface area contributed by atoms with E-state index in [2.05, 4.69) is 99.6 Å². The van der Waals surface area contributed by atoms with E-state index in [0.29, 0.717) is 63.0 Å². The van der Waals surface area contributed by atoms with Crippen molar-refractivity contribution in [3.63, 3.8) is 0 Å². The predicted octanol–water partition coefficient (Wildman–Crippen LogP) is 4.99. The van der Waals surface area contributed by atoms with Gasteiger partial charge in [-0.25, -0.2) is 0 Å². The molecular formula is C35H64ClN9O2. The smallest absolute Gasteiger partial charge is 0.242 e. The van der Waals surface area contributed by atoms with Crippen molar-refractivity contribution in [1.29, 1.82) is 0 Å². The molecule has 0 aliphatic carbocycles. The van der Waals surface area contributed by atoms with Gasteiger partial charge in [-0.2, -0.15) is 15.0 Å². The molecule has 268 valence electrons. The predicted molar refractivity (Wildman–Crippen MR) is 193 cm³/mol. The van der Waals surface area contributed by atoms with Gasteiger partial charge in [-0.1, -0.05) is 27.7 Å². The second-order valence-electron chi connectivity index (χ2n) is 17.3. The summed E-state index contributed by atoms with van der Waals surface area (Å²) in [7, 11) is 0. The van der Waals surface area contributed by atoms with E-state index in [1.807, 2.05) is 37.5 Å². The molecule has 0 aromatic carbocycles. The molecule has 2 unspecified atom stereocenters. The number of aromatic nitrogens is 3. The highest BCUT2D eigenvalue weighted by Crippen LogP contribution is 2.27. The Balaban J connectivity index is 1.96. The van der Waals surface area contributed by atoms with Crippen molar-refractivity contribution in [1.82, 2.24) is 35.4 Å². The van der Waals surface area contributed by atoms with Crippen molar-refractivity contribution < 1.29 is 9.59 Å². The molecule has 2 aliphatic rings. The number of carbonyl (C=O) groups is 2.